The molecule has 0 saturated carbocycles. The van der Waals surface area contributed by atoms with E-state index >= 15 is 0 Å². The number of aryl methyl sites for hydroxylation is 1. The van der Waals surface area contributed by atoms with Crippen LogP contribution in [-0.2, 0) is 0 Å². The summed E-state index contributed by atoms with van der Waals surface area (Å²) in [5.41, 5.74) is 0.893. The predicted molar refractivity (Wildman–Crippen MR) is 47.6 cm³/mol. The Morgan fingerprint density at radius 2 is 2.50 bits per heavy atom. The van der Waals surface area contributed by atoms with Crippen LogP contribution in [0.1, 0.15) is 5.69 Å². The molecule has 1 aromatic rings. The molecule has 0 fully saturated rings. The van der Waals surface area contributed by atoms with Gasteiger partial charge in [0, 0.05) is 7.05 Å². The smallest absolute Gasteiger partial charge is 0.274 e. The van der Waals surface area contributed by atoms with Crippen molar-refractivity contribution in [3.63, 3.8) is 0 Å². The van der Waals surface area contributed by atoms with Crippen LogP contribution in [0.3, 0.4) is 0 Å². The summed E-state index contributed by atoms with van der Waals surface area (Å²) in [6.45, 7) is 1.75. The fourth-order valence-corrected chi connectivity index (χ4v) is 0.788. The highest BCUT2D eigenvalue weighted by molar-refractivity contribution is 5.75. The molecule has 0 atom stereocenters. The number of H-pyrrole nitrogens is 1. The quantitative estimate of drug-likeness (QED) is 0.485. The molecule has 0 bridgehead atoms. The van der Waals surface area contributed by atoms with Crippen LogP contribution in [0.2, 0.25) is 0 Å². The number of aromatic nitrogens is 2. The number of hydrogen-bond acceptors (Lipinski definition) is 3. The Hall–Kier alpha value is -1.65. The van der Waals surface area contributed by atoms with E-state index < -0.39 is 0 Å². The largest absolute Gasteiger partial charge is 0.341 e. The van der Waals surface area contributed by atoms with Crippen LogP contribution >= 0.6 is 0 Å². The van der Waals surface area contributed by atoms with E-state index in [0.29, 0.717) is 11.4 Å². The van der Waals surface area contributed by atoms with Gasteiger partial charge >= 0.3 is 0 Å². The molecule has 0 saturated heterocycles. The molecule has 0 amide bonds. The molecule has 0 aliphatic heterocycles. The zero-order valence-electron chi connectivity index (χ0n) is 6.96. The van der Waals surface area contributed by atoms with Gasteiger partial charge in [-0.05, 0) is 6.92 Å². The number of aromatic amines is 1. The second-order valence-corrected chi connectivity index (χ2v) is 2.22. The van der Waals surface area contributed by atoms with E-state index in [0.717, 1.165) is 0 Å². The Morgan fingerprint density at radius 1 is 1.75 bits per heavy atom. The van der Waals surface area contributed by atoms with Crippen LogP contribution < -0.4 is 10.9 Å². The zero-order valence-corrected chi connectivity index (χ0v) is 6.96. The summed E-state index contributed by atoms with van der Waals surface area (Å²) >= 11 is 0. The third-order valence-corrected chi connectivity index (χ3v) is 1.38. The number of rotatable bonds is 2. The molecule has 2 N–H and O–H groups in total. The van der Waals surface area contributed by atoms with Crippen molar-refractivity contribution in [2.24, 2.45) is 4.99 Å². The van der Waals surface area contributed by atoms with E-state index in [9.17, 15) is 4.79 Å². The summed E-state index contributed by atoms with van der Waals surface area (Å²) in [5.74, 6) is 0. The van der Waals surface area contributed by atoms with Gasteiger partial charge in [0.1, 0.15) is 5.69 Å². The highest BCUT2D eigenvalue weighted by Gasteiger charge is 2.00. The molecule has 12 heavy (non-hydrogen) atoms. The van der Waals surface area contributed by atoms with Crippen LogP contribution in [0.4, 0.5) is 5.69 Å². The predicted octanol–water partition coefficient (Wildman–Crippen LogP) is 0.148. The monoisotopic (exact) mass is 166 g/mol. The fourth-order valence-electron chi connectivity index (χ4n) is 0.788. The van der Waals surface area contributed by atoms with Gasteiger partial charge in [-0.2, -0.15) is 0 Å². The van der Waals surface area contributed by atoms with E-state index in [-0.39, 0.29) is 5.56 Å². The first kappa shape index (κ1) is 8.45. The van der Waals surface area contributed by atoms with Crippen molar-refractivity contribution in [3.05, 3.63) is 22.4 Å². The topological polar surface area (TPSA) is 70.1 Å². The minimum absolute atomic E-state index is 0.192. The lowest BCUT2D eigenvalue weighted by Crippen LogP contribution is -2.15. The molecule has 0 aromatic carbocycles. The normalized spacial score (nSPS) is 10.5. The van der Waals surface area contributed by atoms with Crippen molar-refractivity contribution in [3.8, 4) is 0 Å². The van der Waals surface area contributed by atoms with Crippen molar-refractivity contribution in [1.82, 2.24) is 9.97 Å². The highest BCUT2D eigenvalue weighted by atomic mass is 16.1. The summed E-state index contributed by atoms with van der Waals surface area (Å²) in [6.07, 6.45) is 2.81. The summed E-state index contributed by atoms with van der Waals surface area (Å²) < 4.78 is 0. The highest BCUT2D eigenvalue weighted by Crippen LogP contribution is 2.00. The molecule has 0 aliphatic carbocycles. The van der Waals surface area contributed by atoms with Gasteiger partial charge in [0.25, 0.3) is 5.56 Å². The first-order chi connectivity index (χ1) is 5.75. The van der Waals surface area contributed by atoms with Gasteiger partial charge < -0.3 is 10.3 Å². The molecular weight excluding hydrogens is 156 g/mol. The average Bonchev–Trinajstić information content (AvgIpc) is 2.04. The Labute approximate surface area is 69.6 Å². The fraction of sp³-hybridized carbons (Fsp3) is 0.286. The van der Waals surface area contributed by atoms with Gasteiger partial charge in [0.2, 0.25) is 0 Å². The molecule has 1 aromatic heterocycles. The van der Waals surface area contributed by atoms with Gasteiger partial charge in [-0.1, -0.05) is 0 Å². The first-order valence-corrected chi connectivity index (χ1v) is 3.47. The van der Waals surface area contributed by atoms with Crippen molar-refractivity contribution >= 4 is 12.0 Å². The Bertz CT molecular complexity index is 342. The van der Waals surface area contributed by atoms with Crippen LogP contribution in [0.15, 0.2) is 16.1 Å². The molecule has 64 valence electrons. The summed E-state index contributed by atoms with van der Waals surface area (Å²) in [5, 5.41) is 2.73. The lowest BCUT2D eigenvalue weighted by molar-refractivity contribution is 1.07. The second-order valence-electron chi connectivity index (χ2n) is 2.22. The van der Waals surface area contributed by atoms with Crippen LogP contribution in [0.5, 0.6) is 0 Å². The van der Waals surface area contributed by atoms with E-state index in [4.69, 9.17) is 0 Å². The zero-order chi connectivity index (χ0) is 8.97. The average molecular weight is 166 g/mol. The van der Waals surface area contributed by atoms with E-state index in [2.05, 4.69) is 20.3 Å². The lowest BCUT2D eigenvalue weighted by atomic mass is 10.4. The third-order valence-electron chi connectivity index (χ3n) is 1.38. The molecular formula is C7H10N4O. The second kappa shape index (κ2) is 3.66. The molecule has 0 unspecified atom stereocenters. The standard InChI is InChI=1S/C7H10N4O/c1-5-6(10-3-8-2)7(12)11-4-9-5/h3-4H,1-2H3,(H,8,10)(H,9,11,12). The molecule has 0 spiro atoms. The van der Waals surface area contributed by atoms with Crippen LogP contribution in [0, 0.1) is 6.92 Å². The molecule has 5 heteroatoms. The minimum Gasteiger partial charge on any atom is -0.341 e. The number of hydrogen-bond donors (Lipinski definition) is 2. The first-order valence-electron chi connectivity index (χ1n) is 3.47. The van der Waals surface area contributed by atoms with Crippen molar-refractivity contribution in [1.29, 1.82) is 0 Å². The van der Waals surface area contributed by atoms with Gasteiger partial charge in [-0.3, -0.25) is 9.79 Å². The maximum atomic E-state index is 11.1. The molecule has 0 radical (unpaired) electrons. The maximum Gasteiger partial charge on any atom is 0.274 e. The van der Waals surface area contributed by atoms with E-state index in [1.807, 2.05) is 0 Å². The van der Waals surface area contributed by atoms with Crippen LogP contribution in [0.25, 0.3) is 0 Å². The molecule has 1 heterocycles. The van der Waals surface area contributed by atoms with Crippen LogP contribution in [-0.4, -0.2) is 23.4 Å². The van der Waals surface area contributed by atoms with Gasteiger partial charge in [0.05, 0.1) is 18.4 Å². The van der Waals surface area contributed by atoms with E-state index in [1.165, 1.54) is 12.7 Å². The van der Waals surface area contributed by atoms with Crippen molar-refractivity contribution in [2.45, 2.75) is 6.92 Å². The maximum absolute atomic E-state index is 11.1. The Morgan fingerprint density at radius 3 is 3.08 bits per heavy atom. The molecule has 5 nitrogen and oxygen atoms in total. The SMILES string of the molecule is CN=CNc1c(C)nc[nH]c1=O. The van der Waals surface area contributed by atoms with Gasteiger partial charge in [-0.25, -0.2) is 4.98 Å². The summed E-state index contributed by atoms with van der Waals surface area (Å²) in [7, 11) is 1.62. The summed E-state index contributed by atoms with van der Waals surface area (Å²) in [6, 6.07) is 0. The molecule has 1 rings (SSSR count). The number of nitrogens with zero attached hydrogens (tertiary/aromatic N) is 2. The number of nitrogens with one attached hydrogen (secondary N) is 2. The Kier molecular flexibility index (Phi) is 2.57. The van der Waals surface area contributed by atoms with Crippen molar-refractivity contribution < 1.29 is 0 Å². The lowest BCUT2D eigenvalue weighted by Gasteiger charge is -2.00. The van der Waals surface area contributed by atoms with Gasteiger partial charge in [0.15, 0.2) is 0 Å². The van der Waals surface area contributed by atoms with Crippen molar-refractivity contribution in [2.75, 3.05) is 12.4 Å². The van der Waals surface area contributed by atoms with E-state index in [1.54, 1.807) is 14.0 Å². The van der Waals surface area contributed by atoms with Gasteiger partial charge in [-0.15, -0.1) is 0 Å². The Balaban J connectivity index is 3.04. The summed E-state index contributed by atoms with van der Waals surface area (Å²) in [4.78, 5) is 21.2. The molecule has 0 aliphatic rings. The number of anilines is 1. The minimum atomic E-state index is -0.192. The third kappa shape index (κ3) is 1.69. The number of aliphatic imine (C=N–C) groups is 1.